The number of rotatable bonds is 7. The summed E-state index contributed by atoms with van der Waals surface area (Å²) >= 11 is 0. The van der Waals surface area contributed by atoms with Gasteiger partial charge >= 0.3 is 6.09 Å². The minimum atomic E-state index is -0.463. The van der Waals surface area contributed by atoms with E-state index in [0.29, 0.717) is 31.9 Å². The maximum absolute atomic E-state index is 13.1. The molecule has 0 unspecified atom stereocenters. The molecule has 1 N–H and O–H groups in total. The third-order valence-corrected chi connectivity index (χ3v) is 4.63. The van der Waals surface area contributed by atoms with E-state index in [-0.39, 0.29) is 11.8 Å². The summed E-state index contributed by atoms with van der Waals surface area (Å²) in [6, 6.07) is 15.6. The highest BCUT2D eigenvalue weighted by Crippen LogP contribution is 2.41. The number of methoxy groups -OCH3 is 1. The molecule has 6 nitrogen and oxygen atoms in total. The highest BCUT2D eigenvalue weighted by Gasteiger charge is 2.37. The summed E-state index contributed by atoms with van der Waals surface area (Å²) in [4.78, 5) is 26.4. The first-order valence-electron chi connectivity index (χ1n) is 9.08. The molecule has 0 saturated carbocycles. The minimum absolute atomic E-state index is 0.0350. The number of hydrogen-bond donors (Lipinski definition) is 1. The Morgan fingerprint density at radius 2 is 1.96 bits per heavy atom. The molecule has 0 aliphatic carbocycles. The highest BCUT2D eigenvalue weighted by atomic mass is 16.5. The van der Waals surface area contributed by atoms with E-state index in [1.807, 2.05) is 48.5 Å². The van der Waals surface area contributed by atoms with E-state index in [0.717, 1.165) is 16.8 Å². The Hall–Kier alpha value is -3.02. The fraction of sp³-hybridized carbons (Fsp3) is 0.333. The van der Waals surface area contributed by atoms with Gasteiger partial charge in [0.2, 0.25) is 5.91 Å². The second-order valence-electron chi connectivity index (χ2n) is 6.32. The van der Waals surface area contributed by atoms with Gasteiger partial charge < -0.3 is 19.7 Å². The molecule has 1 aliphatic heterocycles. The Morgan fingerprint density at radius 1 is 1.19 bits per heavy atom. The van der Waals surface area contributed by atoms with Crippen molar-refractivity contribution in [2.24, 2.45) is 0 Å². The largest absolute Gasteiger partial charge is 0.497 e. The van der Waals surface area contributed by atoms with Gasteiger partial charge in [0.05, 0.1) is 26.2 Å². The molecule has 6 heteroatoms. The number of amides is 2. The van der Waals surface area contributed by atoms with E-state index in [1.165, 1.54) is 0 Å². The second kappa shape index (κ2) is 8.58. The number of nitrogens with zero attached hydrogens (tertiary/aromatic N) is 1. The molecule has 2 aromatic rings. The van der Waals surface area contributed by atoms with Gasteiger partial charge in [0.1, 0.15) is 5.75 Å². The Bertz CT molecular complexity index is 807. The zero-order valence-corrected chi connectivity index (χ0v) is 15.6. The summed E-state index contributed by atoms with van der Waals surface area (Å²) < 4.78 is 10.2. The molecule has 1 aliphatic rings. The summed E-state index contributed by atoms with van der Waals surface area (Å²) in [6.07, 6.45) is 0.0401. The number of alkyl carbamates (subject to hydrolysis) is 1. The lowest BCUT2D eigenvalue weighted by molar-refractivity contribution is -0.119. The molecule has 142 valence electrons. The first kappa shape index (κ1) is 18.8. The van der Waals surface area contributed by atoms with Crippen molar-refractivity contribution in [3.8, 4) is 5.75 Å². The number of ether oxygens (including phenoxy) is 2. The van der Waals surface area contributed by atoms with Crippen LogP contribution in [0.3, 0.4) is 0 Å². The van der Waals surface area contributed by atoms with Gasteiger partial charge in [-0.15, -0.1) is 0 Å². The molecule has 27 heavy (non-hydrogen) atoms. The average Bonchev–Trinajstić information content (AvgIpc) is 2.94. The van der Waals surface area contributed by atoms with Gasteiger partial charge in [-0.2, -0.15) is 0 Å². The van der Waals surface area contributed by atoms with Crippen LogP contribution in [0.4, 0.5) is 10.5 Å². The monoisotopic (exact) mass is 368 g/mol. The Balaban J connectivity index is 1.80. The highest BCUT2D eigenvalue weighted by molar-refractivity contribution is 6.05. The van der Waals surface area contributed by atoms with Crippen LogP contribution >= 0.6 is 0 Å². The molecule has 1 atom stereocenters. The van der Waals surface area contributed by atoms with Crippen LogP contribution in [0, 0.1) is 0 Å². The maximum Gasteiger partial charge on any atom is 0.407 e. The maximum atomic E-state index is 13.1. The molecule has 2 aromatic carbocycles. The summed E-state index contributed by atoms with van der Waals surface area (Å²) in [7, 11) is 1.61. The summed E-state index contributed by atoms with van der Waals surface area (Å²) in [5.41, 5.74) is 2.89. The molecule has 1 heterocycles. The van der Waals surface area contributed by atoms with Gasteiger partial charge in [0, 0.05) is 12.2 Å². The number of hydrogen-bond acceptors (Lipinski definition) is 4. The zero-order valence-electron chi connectivity index (χ0n) is 15.6. The molecule has 0 radical (unpaired) electrons. The lowest BCUT2D eigenvalue weighted by Gasteiger charge is -2.18. The van der Waals surface area contributed by atoms with Crippen LogP contribution in [0.25, 0.3) is 0 Å². The SMILES string of the molecule is CCOC(=O)NCC[C@H]1C(=O)N(Cc2ccccc2)c2ccc(OC)cc21. The van der Waals surface area contributed by atoms with Crippen molar-refractivity contribution < 1.29 is 19.1 Å². The lowest BCUT2D eigenvalue weighted by Crippen LogP contribution is -2.31. The first-order valence-corrected chi connectivity index (χ1v) is 9.08. The lowest BCUT2D eigenvalue weighted by atomic mass is 9.97. The minimum Gasteiger partial charge on any atom is -0.497 e. The molecule has 0 spiro atoms. The zero-order chi connectivity index (χ0) is 19.2. The number of fused-ring (bicyclic) bond motifs is 1. The molecule has 0 aromatic heterocycles. The van der Waals surface area contributed by atoms with E-state index in [9.17, 15) is 9.59 Å². The average molecular weight is 368 g/mol. The van der Waals surface area contributed by atoms with Crippen molar-refractivity contribution in [2.45, 2.75) is 25.8 Å². The van der Waals surface area contributed by atoms with Crippen LogP contribution in [0.1, 0.15) is 30.4 Å². The van der Waals surface area contributed by atoms with Crippen LogP contribution < -0.4 is 15.0 Å². The summed E-state index contributed by atoms with van der Waals surface area (Å²) in [5.74, 6) is 0.431. The van der Waals surface area contributed by atoms with Gasteiger partial charge in [-0.3, -0.25) is 4.79 Å². The smallest absolute Gasteiger partial charge is 0.407 e. The molecule has 0 fully saturated rings. The third-order valence-electron chi connectivity index (χ3n) is 4.63. The molecular weight excluding hydrogens is 344 g/mol. The fourth-order valence-corrected chi connectivity index (χ4v) is 3.33. The van der Waals surface area contributed by atoms with E-state index < -0.39 is 6.09 Å². The number of benzene rings is 2. The molecule has 3 rings (SSSR count). The fourth-order valence-electron chi connectivity index (χ4n) is 3.33. The molecule has 0 saturated heterocycles. The summed E-state index contributed by atoms with van der Waals surface area (Å²) in [5, 5.41) is 2.69. The van der Waals surface area contributed by atoms with Crippen LogP contribution in [0.15, 0.2) is 48.5 Å². The Kier molecular flexibility index (Phi) is 5.96. The predicted octanol–water partition coefficient (Wildman–Crippen LogP) is 3.46. The van der Waals surface area contributed by atoms with E-state index in [1.54, 1.807) is 18.9 Å². The van der Waals surface area contributed by atoms with Crippen LogP contribution in [-0.4, -0.2) is 32.3 Å². The van der Waals surface area contributed by atoms with Crippen molar-refractivity contribution in [3.63, 3.8) is 0 Å². The van der Waals surface area contributed by atoms with Gasteiger partial charge in [0.15, 0.2) is 0 Å². The van der Waals surface area contributed by atoms with E-state index >= 15 is 0 Å². The van der Waals surface area contributed by atoms with Gasteiger partial charge in [-0.05, 0) is 42.7 Å². The topological polar surface area (TPSA) is 67.9 Å². The van der Waals surface area contributed by atoms with E-state index in [2.05, 4.69) is 5.32 Å². The molecule has 2 amide bonds. The van der Waals surface area contributed by atoms with Gasteiger partial charge in [-0.25, -0.2) is 4.79 Å². The van der Waals surface area contributed by atoms with Crippen molar-refractivity contribution >= 4 is 17.7 Å². The quantitative estimate of drug-likeness (QED) is 0.813. The van der Waals surface area contributed by atoms with Crippen LogP contribution in [0.2, 0.25) is 0 Å². The molecule has 0 bridgehead atoms. The second-order valence-corrected chi connectivity index (χ2v) is 6.32. The Morgan fingerprint density at radius 3 is 2.67 bits per heavy atom. The van der Waals surface area contributed by atoms with Crippen molar-refractivity contribution in [1.82, 2.24) is 5.32 Å². The standard InChI is InChI=1S/C21H24N2O4/c1-3-27-21(25)22-12-11-17-18-13-16(26-2)9-10-19(18)23(20(17)24)14-15-7-5-4-6-8-15/h4-10,13,17H,3,11-12,14H2,1-2H3,(H,22,25)/t17-/m1/s1. The van der Waals surface area contributed by atoms with Gasteiger partial charge in [0.25, 0.3) is 0 Å². The first-order chi connectivity index (χ1) is 13.1. The third kappa shape index (κ3) is 4.22. The van der Waals surface area contributed by atoms with Crippen molar-refractivity contribution in [1.29, 1.82) is 0 Å². The van der Waals surface area contributed by atoms with E-state index in [4.69, 9.17) is 9.47 Å². The predicted molar refractivity (Wildman–Crippen MR) is 103 cm³/mol. The summed E-state index contributed by atoms with van der Waals surface area (Å²) in [6.45, 7) is 2.95. The number of anilines is 1. The normalized spacial score (nSPS) is 15.4. The number of carbonyl (C=O) groups is 2. The van der Waals surface area contributed by atoms with Crippen LogP contribution in [0.5, 0.6) is 5.75 Å². The molecular formula is C21H24N2O4. The van der Waals surface area contributed by atoms with Crippen molar-refractivity contribution in [2.75, 3.05) is 25.2 Å². The van der Waals surface area contributed by atoms with Crippen LogP contribution in [-0.2, 0) is 16.1 Å². The number of nitrogens with one attached hydrogen (secondary N) is 1. The van der Waals surface area contributed by atoms with Gasteiger partial charge in [-0.1, -0.05) is 30.3 Å². The van der Waals surface area contributed by atoms with Crippen molar-refractivity contribution in [3.05, 3.63) is 59.7 Å². The number of carbonyl (C=O) groups excluding carboxylic acids is 2. The Labute approximate surface area is 159 Å².